The highest BCUT2D eigenvalue weighted by Gasteiger charge is 2.32. The van der Waals surface area contributed by atoms with Crippen LogP contribution in [0.4, 0.5) is 5.69 Å². The fourth-order valence-corrected chi connectivity index (χ4v) is 5.31. The predicted octanol–water partition coefficient (Wildman–Crippen LogP) is 3.45. The Morgan fingerprint density at radius 3 is 2.34 bits per heavy atom. The second-order valence-corrected chi connectivity index (χ2v) is 9.53. The van der Waals surface area contributed by atoms with E-state index in [1.165, 1.54) is 11.4 Å². The monoisotopic (exact) mass is 462 g/mol. The molecule has 2 aromatic carbocycles. The van der Waals surface area contributed by atoms with Crippen LogP contribution < -0.4 is 19.5 Å². The number of rotatable bonds is 8. The molecule has 1 N–H and O–H groups in total. The number of nitrogens with zero attached hydrogens (tertiary/aromatic N) is 1. The molecule has 0 spiro atoms. The number of hydrogen-bond acceptors (Lipinski definition) is 6. The summed E-state index contributed by atoms with van der Waals surface area (Å²) in [6.07, 6.45) is 0.876. The first-order valence-electron chi connectivity index (χ1n) is 10.6. The van der Waals surface area contributed by atoms with Gasteiger partial charge in [-0.1, -0.05) is 0 Å². The number of hydrogen-bond donors (Lipinski definition) is 1. The minimum Gasteiger partial charge on any atom is -0.497 e. The van der Waals surface area contributed by atoms with Crippen molar-refractivity contribution in [1.82, 2.24) is 4.31 Å². The van der Waals surface area contributed by atoms with E-state index in [2.05, 4.69) is 5.32 Å². The molecule has 0 saturated carbocycles. The molecule has 1 aliphatic heterocycles. The largest absolute Gasteiger partial charge is 0.497 e. The molecule has 32 heavy (non-hydrogen) atoms. The number of nitrogens with one attached hydrogen (secondary N) is 1. The molecule has 0 aromatic heterocycles. The van der Waals surface area contributed by atoms with Gasteiger partial charge in [0, 0.05) is 25.1 Å². The summed E-state index contributed by atoms with van der Waals surface area (Å²) >= 11 is 0. The Balaban J connectivity index is 1.66. The van der Waals surface area contributed by atoms with Crippen molar-refractivity contribution in [2.75, 3.05) is 39.2 Å². The highest BCUT2D eigenvalue weighted by molar-refractivity contribution is 7.89. The van der Waals surface area contributed by atoms with Crippen molar-refractivity contribution in [2.24, 2.45) is 5.92 Å². The molecule has 1 heterocycles. The molecule has 0 atom stereocenters. The topological polar surface area (TPSA) is 94.2 Å². The molecule has 8 nitrogen and oxygen atoms in total. The van der Waals surface area contributed by atoms with Crippen LogP contribution in [0.2, 0.25) is 0 Å². The van der Waals surface area contributed by atoms with Crippen molar-refractivity contribution >= 4 is 21.6 Å². The Morgan fingerprint density at radius 2 is 1.75 bits per heavy atom. The maximum Gasteiger partial charge on any atom is 0.243 e. The van der Waals surface area contributed by atoms with Crippen LogP contribution in [0.5, 0.6) is 17.2 Å². The van der Waals surface area contributed by atoms with Crippen LogP contribution in [0, 0.1) is 12.8 Å². The van der Waals surface area contributed by atoms with E-state index in [1.807, 2.05) is 13.8 Å². The maximum atomic E-state index is 13.1. The average Bonchev–Trinajstić information content (AvgIpc) is 2.80. The summed E-state index contributed by atoms with van der Waals surface area (Å²) in [6, 6.07) is 10.1. The van der Waals surface area contributed by atoms with Gasteiger partial charge in [-0.05, 0) is 62.6 Å². The normalized spacial score (nSPS) is 15.2. The molecule has 0 bridgehead atoms. The van der Waals surface area contributed by atoms with Crippen LogP contribution in [0.25, 0.3) is 0 Å². The van der Waals surface area contributed by atoms with E-state index in [0.29, 0.717) is 42.4 Å². The molecule has 1 aliphatic rings. The number of sulfonamides is 1. The minimum absolute atomic E-state index is 0.162. The number of carbonyl (C=O) groups is 1. The molecule has 1 amide bonds. The highest BCUT2D eigenvalue weighted by atomic mass is 32.2. The predicted molar refractivity (Wildman–Crippen MR) is 122 cm³/mol. The number of ether oxygens (including phenoxy) is 3. The third kappa shape index (κ3) is 5.16. The third-order valence-corrected chi connectivity index (χ3v) is 7.47. The second kappa shape index (κ2) is 10.2. The van der Waals surface area contributed by atoms with E-state index in [9.17, 15) is 13.2 Å². The van der Waals surface area contributed by atoms with E-state index in [-0.39, 0.29) is 29.8 Å². The first kappa shape index (κ1) is 23.9. The highest BCUT2D eigenvalue weighted by Crippen LogP contribution is 2.31. The van der Waals surface area contributed by atoms with Gasteiger partial charge in [0.25, 0.3) is 0 Å². The molecule has 0 aliphatic carbocycles. The summed E-state index contributed by atoms with van der Waals surface area (Å²) in [5.41, 5.74) is 1.30. The van der Waals surface area contributed by atoms with Gasteiger partial charge in [0.1, 0.15) is 17.2 Å². The summed E-state index contributed by atoms with van der Waals surface area (Å²) in [4.78, 5) is 13.1. The van der Waals surface area contributed by atoms with Gasteiger partial charge in [-0.15, -0.1) is 0 Å². The summed E-state index contributed by atoms with van der Waals surface area (Å²) in [7, 11) is -0.552. The lowest BCUT2D eigenvalue weighted by Gasteiger charge is -2.30. The Labute approximate surface area is 189 Å². The van der Waals surface area contributed by atoms with Crippen molar-refractivity contribution in [3.8, 4) is 17.2 Å². The molecule has 174 valence electrons. The van der Waals surface area contributed by atoms with Crippen LogP contribution in [0.1, 0.15) is 25.3 Å². The van der Waals surface area contributed by atoms with Crippen LogP contribution in [0.15, 0.2) is 41.3 Å². The first-order valence-corrected chi connectivity index (χ1v) is 12.0. The molecular formula is C23H30N2O6S. The quantitative estimate of drug-likeness (QED) is 0.646. The number of carbonyl (C=O) groups excluding carboxylic acids is 1. The lowest BCUT2D eigenvalue weighted by atomic mass is 9.97. The van der Waals surface area contributed by atoms with Crippen molar-refractivity contribution in [2.45, 2.75) is 31.6 Å². The van der Waals surface area contributed by atoms with E-state index in [0.717, 1.165) is 5.56 Å². The number of anilines is 1. The molecule has 3 rings (SSSR count). The number of benzene rings is 2. The van der Waals surface area contributed by atoms with Gasteiger partial charge < -0.3 is 19.5 Å². The van der Waals surface area contributed by atoms with Crippen molar-refractivity contribution < 1.29 is 27.4 Å². The summed E-state index contributed by atoms with van der Waals surface area (Å²) in [6.45, 7) is 4.79. The smallest absolute Gasteiger partial charge is 0.243 e. The summed E-state index contributed by atoms with van der Waals surface area (Å²) in [5.74, 6) is 1.36. The number of piperidine rings is 1. The van der Waals surface area contributed by atoms with Crippen molar-refractivity contribution in [3.05, 3.63) is 42.0 Å². The lowest BCUT2D eigenvalue weighted by molar-refractivity contribution is -0.120. The zero-order chi connectivity index (χ0) is 23.3. The Bertz CT molecular complexity index is 1060. The van der Waals surface area contributed by atoms with Crippen LogP contribution in [0.3, 0.4) is 0 Å². The third-order valence-electron chi connectivity index (χ3n) is 5.57. The fraction of sp³-hybridized carbons (Fsp3) is 0.435. The maximum absolute atomic E-state index is 13.1. The molecular weight excluding hydrogens is 432 g/mol. The van der Waals surface area contributed by atoms with E-state index >= 15 is 0 Å². The molecule has 0 radical (unpaired) electrons. The minimum atomic E-state index is -3.63. The van der Waals surface area contributed by atoms with Crippen molar-refractivity contribution in [3.63, 3.8) is 0 Å². The Kier molecular flexibility index (Phi) is 7.63. The fourth-order valence-electron chi connectivity index (χ4n) is 3.75. The SMILES string of the molecule is CCOc1ccc(S(=O)(=O)N2CCC(C(=O)Nc3cc(OC)ccc3OC)CC2)cc1C. The second-order valence-electron chi connectivity index (χ2n) is 7.59. The van der Waals surface area contributed by atoms with Crippen LogP contribution in [-0.4, -0.2) is 52.5 Å². The molecule has 2 aromatic rings. The van der Waals surface area contributed by atoms with Crippen LogP contribution in [-0.2, 0) is 14.8 Å². The Hall–Kier alpha value is -2.78. The van der Waals surface area contributed by atoms with Crippen molar-refractivity contribution in [1.29, 1.82) is 0 Å². The first-order chi connectivity index (χ1) is 15.3. The zero-order valence-corrected chi connectivity index (χ0v) is 19.7. The summed E-state index contributed by atoms with van der Waals surface area (Å²) < 4.78 is 43.6. The Morgan fingerprint density at radius 1 is 1.06 bits per heavy atom. The van der Waals surface area contributed by atoms with Gasteiger partial charge in [-0.2, -0.15) is 4.31 Å². The molecule has 9 heteroatoms. The van der Waals surface area contributed by atoms with E-state index in [1.54, 1.807) is 43.5 Å². The van der Waals surface area contributed by atoms with Gasteiger partial charge in [0.05, 0.1) is 31.4 Å². The van der Waals surface area contributed by atoms with Gasteiger partial charge in [-0.3, -0.25) is 4.79 Å². The summed E-state index contributed by atoms with van der Waals surface area (Å²) in [5, 5.41) is 2.89. The molecule has 1 saturated heterocycles. The number of methoxy groups -OCH3 is 2. The van der Waals surface area contributed by atoms with E-state index in [4.69, 9.17) is 14.2 Å². The van der Waals surface area contributed by atoms with Gasteiger partial charge in [-0.25, -0.2) is 8.42 Å². The molecule has 1 fully saturated rings. The average molecular weight is 463 g/mol. The lowest BCUT2D eigenvalue weighted by Crippen LogP contribution is -2.41. The van der Waals surface area contributed by atoms with Crippen LogP contribution >= 0.6 is 0 Å². The zero-order valence-electron chi connectivity index (χ0n) is 18.9. The molecule has 0 unspecified atom stereocenters. The number of amides is 1. The standard InChI is InChI=1S/C23H30N2O6S/c1-5-31-21-9-7-19(14-16(21)2)32(27,28)25-12-10-17(11-13-25)23(26)24-20-15-18(29-3)6-8-22(20)30-4/h6-9,14-15,17H,5,10-13H2,1-4H3,(H,24,26). The van der Waals surface area contributed by atoms with Gasteiger partial charge >= 0.3 is 0 Å². The number of aryl methyl sites for hydroxylation is 1. The van der Waals surface area contributed by atoms with E-state index < -0.39 is 10.0 Å². The van der Waals surface area contributed by atoms with Gasteiger partial charge in [0.15, 0.2) is 0 Å². The van der Waals surface area contributed by atoms with Gasteiger partial charge in [0.2, 0.25) is 15.9 Å².